The number of methoxy groups -OCH3 is 1. The summed E-state index contributed by atoms with van der Waals surface area (Å²) in [7, 11) is 1.63. The molecule has 2 N–H and O–H groups in total. The quantitative estimate of drug-likeness (QED) is 0.548. The van der Waals surface area contributed by atoms with Gasteiger partial charge in [0.15, 0.2) is 17.1 Å². The number of ether oxygens (including phenoxy) is 2. The summed E-state index contributed by atoms with van der Waals surface area (Å²) in [5, 5.41) is 5.76. The number of allylic oxidation sites excluding steroid dienone is 5. The van der Waals surface area contributed by atoms with Gasteiger partial charge in [0.1, 0.15) is 17.8 Å². The minimum atomic E-state index is 0.167. The molecule has 2 heterocycles. The van der Waals surface area contributed by atoms with Crippen LogP contribution in [0.2, 0.25) is 0 Å². The van der Waals surface area contributed by atoms with Crippen molar-refractivity contribution >= 4 is 16.9 Å². The van der Waals surface area contributed by atoms with E-state index >= 15 is 0 Å². The molecule has 0 amide bonds. The SMILES string of the molecule is C=CC1=C(/C=C\C)CC(n2nc(-c3ccc(OCC)c(OC)c3)c3c(N)ncnc32)CC1. The van der Waals surface area contributed by atoms with Crippen LogP contribution in [0.5, 0.6) is 11.5 Å². The van der Waals surface area contributed by atoms with Gasteiger partial charge < -0.3 is 15.2 Å². The Morgan fingerprint density at radius 1 is 1.25 bits per heavy atom. The third-order valence-electron chi connectivity index (χ3n) is 5.83. The zero-order chi connectivity index (χ0) is 22.7. The van der Waals surface area contributed by atoms with Gasteiger partial charge in [-0.15, -0.1) is 0 Å². The smallest absolute Gasteiger partial charge is 0.164 e. The average molecular weight is 432 g/mol. The highest BCUT2D eigenvalue weighted by Gasteiger charge is 2.26. The van der Waals surface area contributed by atoms with Crippen LogP contribution in [0.15, 0.2) is 60.5 Å². The van der Waals surface area contributed by atoms with Gasteiger partial charge in [0, 0.05) is 5.56 Å². The highest BCUT2D eigenvalue weighted by molar-refractivity contribution is 5.98. The van der Waals surface area contributed by atoms with Gasteiger partial charge in [0.25, 0.3) is 0 Å². The van der Waals surface area contributed by atoms with Crippen molar-refractivity contribution in [2.75, 3.05) is 19.5 Å². The van der Waals surface area contributed by atoms with Crippen LogP contribution in [0.25, 0.3) is 22.3 Å². The van der Waals surface area contributed by atoms with Gasteiger partial charge in [0.05, 0.1) is 25.1 Å². The van der Waals surface area contributed by atoms with Gasteiger partial charge in [-0.2, -0.15) is 5.10 Å². The van der Waals surface area contributed by atoms with Crippen LogP contribution in [0.1, 0.15) is 39.2 Å². The van der Waals surface area contributed by atoms with Crippen LogP contribution in [0, 0.1) is 0 Å². The highest BCUT2D eigenvalue weighted by Crippen LogP contribution is 2.40. The summed E-state index contributed by atoms with van der Waals surface area (Å²) in [5.41, 5.74) is 11.2. The maximum absolute atomic E-state index is 6.31. The molecule has 166 valence electrons. The molecule has 0 saturated carbocycles. The van der Waals surface area contributed by atoms with E-state index in [-0.39, 0.29) is 6.04 Å². The van der Waals surface area contributed by atoms with Crippen molar-refractivity contribution in [3.8, 4) is 22.8 Å². The molecule has 0 aliphatic heterocycles. The molecule has 7 heteroatoms. The van der Waals surface area contributed by atoms with Gasteiger partial charge in [-0.3, -0.25) is 0 Å². The monoisotopic (exact) mass is 431 g/mol. The summed E-state index contributed by atoms with van der Waals surface area (Å²) in [5.74, 6) is 1.75. The molecule has 0 saturated heterocycles. The molecule has 0 spiro atoms. The van der Waals surface area contributed by atoms with E-state index in [9.17, 15) is 0 Å². The maximum Gasteiger partial charge on any atom is 0.164 e. The molecule has 1 unspecified atom stereocenters. The largest absolute Gasteiger partial charge is 0.493 e. The fourth-order valence-corrected chi connectivity index (χ4v) is 4.33. The van der Waals surface area contributed by atoms with Gasteiger partial charge in [-0.1, -0.05) is 24.8 Å². The van der Waals surface area contributed by atoms with E-state index in [0.717, 1.165) is 41.6 Å². The van der Waals surface area contributed by atoms with Gasteiger partial charge >= 0.3 is 0 Å². The first-order valence-electron chi connectivity index (χ1n) is 10.9. The Kier molecular flexibility index (Phi) is 6.25. The fraction of sp³-hybridized carbons (Fsp3) is 0.320. The lowest BCUT2D eigenvalue weighted by Gasteiger charge is -2.25. The summed E-state index contributed by atoms with van der Waals surface area (Å²) < 4.78 is 13.2. The van der Waals surface area contributed by atoms with Gasteiger partial charge in [-0.05, 0) is 62.5 Å². The molecule has 3 aromatic rings. The predicted octanol–water partition coefficient (Wildman–Crippen LogP) is 5.27. The van der Waals surface area contributed by atoms with Crippen molar-refractivity contribution in [2.45, 2.75) is 39.2 Å². The number of rotatable bonds is 7. The maximum atomic E-state index is 6.31. The van der Waals surface area contributed by atoms with E-state index in [4.69, 9.17) is 20.3 Å². The van der Waals surface area contributed by atoms with Crippen LogP contribution in [0.3, 0.4) is 0 Å². The molecule has 1 atom stereocenters. The minimum Gasteiger partial charge on any atom is -0.493 e. The Labute approximate surface area is 188 Å². The molecule has 1 aliphatic carbocycles. The Morgan fingerprint density at radius 3 is 2.81 bits per heavy atom. The lowest BCUT2D eigenvalue weighted by molar-refractivity contribution is 0.311. The van der Waals surface area contributed by atoms with Crippen molar-refractivity contribution in [3.05, 3.63) is 60.5 Å². The highest BCUT2D eigenvalue weighted by atomic mass is 16.5. The van der Waals surface area contributed by atoms with E-state index in [0.29, 0.717) is 23.9 Å². The summed E-state index contributed by atoms with van der Waals surface area (Å²) in [4.78, 5) is 8.80. The van der Waals surface area contributed by atoms with Gasteiger partial charge in [-0.25, -0.2) is 14.6 Å². The molecule has 2 aromatic heterocycles. The summed E-state index contributed by atoms with van der Waals surface area (Å²) in [6.45, 7) is 8.52. The molecule has 1 aliphatic rings. The number of aromatic nitrogens is 4. The van der Waals surface area contributed by atoms with Crippen LogP contribution in [-0.4, -0.2) is 33.5 Å². The van der Waals surface area contributed by atoms with Crippen LogP contribution >= 0.6 is 0 Å². The van der Waals surface area contributed by atoms with E-state index in [2.05, 4.69) is 28.7 Å². The van der Waals surface area contributed by atoms with E-state index in [1.807, 2.05) is 42.8 Å². The lowest BCUT2D eigenvalue weighted by Crippen LogP contribution is -2.16. The Hall–Kier alpha value is -3.61. The number of nitrogens with zero attached hydrogens (tertiary/aromatic N) is 4. The Bertz CT molecular complexity index is 1210. The van der Waals surface area contributed by atoms with Crippen LogP contribution in [0.4, 0.5) is 5.82 Å². The standard InChI is InChI=1S/C25H29N5O2/c1-5-8-17-13-19(11-9-16(17)6-2)30-25-22(24(26)27-15-28-25)23(29-30)18-10-12-20(32-7-3)21(14-18)31-4/h5-6,8,10,12,14-15,19H,2,7,9,11,13H2,1,3-4H3,(H2,26,27,28)/b8-5-. The molecule has 32 heavy (non-hydrogen) atoms. The topological polar surface area (TPSA) is 88.1 Å². The third kappa shape index (κ3) is 3.86. The number of benzene rings is 1. The second kappa shape index (κ2) is 9.26. The molecular weight excluding hydrogens is 402 g/mol. The molecule has 1 aromatic carbocycles. The first kappa shape index (κ1) is 21.6. The van der Waals surface area contributed by atoms with Gasteiger partial charge in [0.2, 0.25) is 0 Å². The first-order chi connectivity index (χ1) is 15.6. The molecule has 0 bridgehead atoms. The van der Waals surface area contributed by atoms with E-state index < -0.39 is 0 Å². The number of hydrogen-bond donors (Lipinski definition) is 1. The Balaban J connectivity index is 1.84. The number of nitrogen functional groups attached to an aromatic ring is 1. The zero-order valence-electron chi connectivity index (χ0n) is 18.8. The second-order valence-corrected chi connectivity index (χ2v) is 7.70. The molecule has 7 nitrogen and oxygen atoms in total. The average Bonchev–Trinajstić information content (AvgIpc) is 3.21. The normalized spacial score (nSPS) is 16.7. The summed E-state index contributed by atoms with van der Waals surface area (Å²) >= 11 is 0. The van der Waals surface area contributed by atoms with Crippen LogP contribution in [-0.2, 0) is 0 Å². The fourth-order valence-electron chi connectivity index (χ4n) is 4.33. The molecule has 0 fully saturated rings. The predicted molar refractivity (Wildman–Crippen MR) is 128 cm³/mol. The van der Waals surface area contributed by atoms with Crippen molar-refractivity contribution in [3.63, 3.8) is 0 Å². The van der Waals surface area contributed by atoms with E-state index in [1.54, 1.807) is 7.11 Å². The molecular formula is C25H29N5O2. The Morgan fingerprint density at radius 2 is 2.09 bits per heavy atom. The number of hydrogen-bond acceptors (Lipinski definition) is 6. The minimum absolute atomic E-state index is 0.167. The van der Waals surface area contributed by atoms with E-state index in [1.165, 1.54) is 17.5 Å². The zero-order valence-corrected chi connectivity index (χ0v) is 18.8. The summed E-state index contributed by atoms with van der Waals surface area (Å²) in [6.07, 6.45) is 10.5. The van der Waals surface area contributed by atoms with Crippen molar-refractivity contribution in [1.29, 1.82) is 0 Å². The first-order valence-corrected chi connectivity index (χ1v) is 10.9. The lowest BCUT2D eigenvalue weighted by atomic mass is 9.88. The second-order valence-electron chi connectivity index (χ2n) is 7.70. The van der Waals surface area contributed by atoms with Crippen molar-refractivity contribution < 1.29 is 9.47 Å². The van der Waals surface area contributed by atoms with Crippen molar-refractivity contribution in [2.24, 2.45) is 0 Å². The summed E-state index contributed by atoms with van der Waals surface area (Å²) in [6, 6.07) is 5.95. The number of nitrogens with two attached hydrogens (primary N) is 1. The number of fused-ring (bicyclic) bond motifs is 1. The number of anilines is 1. The van der Waals surface area contributed by atoms with Crippen LogP contribution < -0.4 is 15.2 Å². The van der Waals surface area contributed by atoms with Crippen molar-refractivity contribution in [1.82, 2.24) is 19.7 Å². The molecule has 0 radical (unpaired) electrons. The molecule has 4 rings (SSSR count). The third-order valence-corrected chi connectivity index (χ3v) is 5.83.